The fourth-order valence-electron chi connectivity index (χ4n) is 2.61. The quantitative estimate of drug-likeness (QED) is 0.312. The van der Waals surface area contributed by atoms with Gasteiger partial charge >= 0.3 is 0 Å². The van der Waals surface area contributed by atoms with Gasteiger partial charge in [-0.15, -0.1) is 6.58 Å². The van der Waals surface area contributed by atoms with Gasteiger partial charge in [-0.3, -0.25) is 11.3 Å². The molecule has 1 fully saturated rings. The van der Waals surface area contributed by atoms with E-state index in [2.05, 4.69) is 35.9 Å². The topological polar surface area (TPSA) is 44.5 Å². The predicted octanol–water partition coefficient (Wildman–Crippen LogP) is 0.811. The highest BCUT2D eigenvalue weighted by Gasteiger charge is 2.27. The number of rotatable bonds is 6. The van der Waals surface area contributed by atoms with E-state index in [1.807, 2.05) is 6.08 Å². The number of hydrogen-bond donors (Lipinski definition) is 2. The van der Waals surface area contributed by atoms with Crippen molar-refractivity contribution in [2.75, 3.05) is 33.7 Å². The Kier molecular flexibility index (Phi) is 6.73. The van der Waals surface area contributed by atoms with Crippen LogP contribution in [0.3, 0.4) is 0 Å². The monoisotopic (exact) mass is 240 g/mol. The molecule has 0 aromatic rings. The second-order valence-electron chi connectivity index (χ2n) is 5.16. The molecule has 0 aromatic heterocycles. The maximum atomic E-state index is 5.72. The van der Waals surface area contributed by atoms with Crippen LogP contribution in [0.15, 0.2) is 12.7 Å². The van der Waals surface area contributed by atoms with E-state index < -0.39 is 0 Å². The molecule has 0 radical (unpaired) electrons. The van der Waals surface area contributed by atoms with E-state index in [0.717, 1.165) is 32.4 Å². The van der Waals surface area contributed by atoms with Gasteiger partial charge in [0.15, 0.2) is 0 Å². The Labute approximate surface area is 106 Å². The van der Waals surface area contributed by atoms with Crippen LogP contribution >= 0.6 is 0 Å². The van der Waals surface area contributed by atoms with Gasteiger partial charge < -0.3 is 9.80 Å². The van der Waals surface area contributed by atoms with Gasteiger partial charge in [-0.25, -0.2) is 0 Å². The Bertz CT molecular complexity index is 219. The van der Waals surface area contributed by atoms with Gasteiger partial charge in [0.25, 0.3) is 0 Å². The van der Waals surface area contributed by atoms with Crippen LogP contribution in [-0.2, 0) is 0 Å². The van der Waals surface area contributed by atoms with Crippen LogP contribution in [0, 0.1) is 0 Å². The van der Waals surface area contributed by atoms with Gasteiger partial charge in [0.05, 0.1) is 0 Å². The standard InChI is InChI=1S/C13H28N4/c1-4-5-6-8-12(15-14)13-11-16(2)9-7-10-17(13)3/h4,12-13,15H,1,5-11,14H2,2-3H3. The first-order valence-corrected chi connectivity index (χ1v) is 6.64. The van der Waals surface area contributed by atoms with Crippen LogP contribution in [0.4, 0.5) is 0 Å². The zero-order valence-electron chi connectivity index (χ0n) is 11.4. The Morgan fingerprint density at radius 2 is 2.24 bits per heavy atom. The lowest BCUT2D eigenvalue weighted by Gasteiger charge is -2.34. The van der Waals surface area contributed by atoms with Gasteiger partial charge in [0.2, 0.25) is 0 Å². The molecule has 3 N–H and O–H groups in total. The summed E-state index contributed by atoms with van der Waals surface area (Å²) in [7, 11) is 4.41. The number of hydrogen-bond acceptors (Lipinski definition) is 4. The average Bonchev–Trinajstić information content (AvgIpc) is 2.47. The molecule has 1 aliphatic rings. The summed E-state index contributed by atoms with van der Waals surface area (Å²) in [5, 5.41) is 0. The van der Waals surface area contributed by atoms with Crippen molar-refractivity contribution in [3.05, 3.63) is 12.7 Å². The lowest BCUT2D eigenvalue weighted by atomic mass is 10.0. The average molecular weight is 240 g/mol. The van der Waals surface area contributed by atoms with Crippen molar-refractivity contribution in [2.24, 2.45) is 5.84 Å². The molecule has 0 amide bonds. The Hall–Kier alpha value is -0.420. The highest BCUT2D eigenvalue weighted by Crippen LogP contribution is 2.14. The smallest absolute Gasteiger partial charge is 0.0386 e. The van der Waals surface area contributed by atoms with Crippen molar-refractivity contribution in [3.8, 4) is 0 Å². The molecule has 0 bridgehead atoms. The molecule has 0 aliphatic carbocycles. The minimum atomic E-state index is 0.375. The molecular weight excluding hydrogens is 212 g/mol. The van der Waals surface area contributed by atoms with Crippen molar-refractivity contribution in [3.63, 3.8) is 0 Å². The molecule has 17 heavy (non-hydrogen) atoms. The van der Waals surface area contributed by atoms with E-state index in [1.54, 1.807) is 0 Å². The van der Waals surface area contributed by atoms with E-state index >= 15 is 0 Å². The Morgan fingerprint density at radius 3 is 2.88 bits per heavy atom. The van der Waals surface area contributed by atoms with E-state index in [4.69, 9.17) is 5.84 Å². The molecule has 2 unspecified atom stereocenters. The zero-order chi connectivity index (χ0) is 12.7. The van der Waals surface area contributed by atoms with E-state index in [9.17, 15) is 0 Å². The Morgan fingerprint density at radius 1 is 1.47 bits per heavy atom. The lowest BCUT2D eigenvalue weighted by molar-refractivity contribution is 0.171. The second kappa shape index (κ2) is 7.82. The van der Waals surface area contributed by atoms with Crippen molar-refractivity contribution < 1.29 is 0 Å². The molecule has 0 spiro atoms. The molecule has 1 saturated heterocycles. The fourth-order valence-corrected chi connectivity index (χ4v) is 2.61. The molecule has 0 saturated carbocycles. The van der Waals surface area contributed by atoms with Crippen LogP contribution in [0.5, 0.6) is 0 Å². The Balaban J connectivity index is 2.53. The first kappa shape index (κ1) is 14.6. The summed E-state index contributed by atoms with van der Waals surface area (Å²) < 4.78 is 0. The number of nitrogens with one attached hydrogen (secondary N) is 1. The van der Waals surface area contributed by atoms with Gasteiger partial charge in [0.1, 0.15) is 0 Å². The van der Waals surface area contributed by atoms with Crippen molar-refractivity contribution in [1.29, 1.82) is 0 Å². The first-order chi connectivity index (χ1) is 8.19. The lowest BCUT2D eigenvalue weighted by Crippen LogP contribution is -2.54. The van der Waals surface area contributed by atoms with Crippen LogP contribution in [0.1, 0.15) is 25.7 Å². The van der Waals surface area contributed by atoms with Crippen molar-refractivity contribution in [2.45, 2.75) is 37.8 Å². The number of allylic oxidation sites excluding steroid dienone is 1. The molecular formula is C13H28N4. The van der Waals surface area contributed by atoms with Gasteiger partial charge in [-0.05, 0) is 52.9 Å². The summed E-state index contributed by atoms with van der Waals surface area (Å²) in [5.41, 5.74) is 3.01. The number of likely N-dealkylation sites (N-methyl/N-ethyl adjacent to an activating group) is 2. The molecule has 1 rings (SSSR count). The summed E-state index contributed by atoms with van der Waals surface area (Å²) in [6, 6.07) is 0.887. The van der Waals surface area contributed by atoms with Crippen molar-refractivity contribution >= 4 is 0 Å². The van der Waals surface area contributed by atoms with E-state index in [1.165, 1.54) is 13.0 Å². The highest BCUT2D eigenvalue weighted by molar-refractivity contribution is 4.87. The largest absolute Gasteiger partial charge is 0.305 e. The van der Waals surface area contributed by atoms with Crippen LogP contribution in [0.2, 0.25) is 0 Å². The highest BCUT2D eigenvalue weighted by atomic mass is 15.3. The summed E-state index contributed by atoms with van der Waals surface area (Å²) in [4.78, 5) is 4.86. The van der Waals surface area contributed by atoms with Gasteiger partial charge in [-0.1, -0.05) is 6.08 Å². The molecule has 2 atom stereocenters. The summed E-state index contributed by atoms with van der Waals surface area (Å²) >= 11 is 0. The first-order valence-electron chi connectivity index (χ1n) is 6.64. The minimum Gasteiger partial charge on any atom is -0.305 e. The van der Waals surface area contributed by atoms with Crippen LogP contribution in [-0.4, -0.2) is 55.6 Å². The fraction of sp³-hybridized carbons (Fsp3) is 0.846. The number of hydrazine groups is 1. The third-order valence-electron chi connectivity index (χ3n) is 3.72. The van der Waals surface area contributed by atoms with Gasteiger partial charge in [0, 0.05) is 18.6 Å². The maximum absolute atomic E-state index is 5.72. The zero-order valence-corrected chi connectivity index (χ0v) is 11.4. The third kappa shape index (κ3) is 4.76. The van der Waals surface area contributed by atoms with Gasteiger partial charge in [-0.2, -0.15) is 0 Å². The number of nitrogens with two attached hydrogens (primary N) is 1. The summed E-state index contributed by atoms with van der Waals surface area (Å²) in [5.74, 6) is 5.72. The normalized spacial score (nSPS) is 25.5. The molecule has 1 aliphatic heterocycles. The van der Waals surface area contributed by atoms with E-state index in [0.29, 0.717) is 12.1 Å². The summed E-state index contributed by atoms with van der Waals surface area (Å²) in [6.07, 6.45) is 6.58. The number of nitrogens with zero attached hydrogens (tertiary/aromatic N) is 2. The van der Waals surface area contributed by atoms with Crippen LogP contribution in [0.25, 0.3) is 0 Å². The van der Waals surface area contributed by atoms with E-state index in [-0.39, 0.29) is 0 Å². The maximum Gasteiger partial charge on any atom is 0.0386 e. The van der Waals surface area contributed by atoms with Crippen molar-refractivity contribution in [1.82, 2.24) is 15.2 Å². The molecule has 0 aromatic carbocycles. The minimum absolute atomic E-state index is 0.375. The third-order valence-corrected chi connectivity index (χ3v) is 3.72. The molecule has 1 heterocycles. The summed E-state index contributed by atoms with van der Waals surface area (Å²) in [6.45, 7) is 7.21. The SMILES string of the molecule is C=CCCCC(NN)C1CN(C)CCCN1C. The second-order valence-corrected chi connectivity index (χ2v) is 5.16. The van der Waals surface area contributed by atoms with Crippen LogP contribution < -0.4 is 11.3 Å². The predicted molar refractivity (Wildman–Crippen MR) is 73.7 cm³/mol. The molecule has 4 nitrogen and oxygen atoms in total. The molecule has 100 valence electrons. The number of unbranched alkanes of at least 4 members (excludes halogenated alkanes) is 1. The molecule has 4 heteroatoms.